The van der Waals surface area contributed by atoms with Crippen molar-refractivity contribution < 1.29 is 19.4 Å². The Morgan fingerprint density at radius 1 is 1.35 bits per heavy atom. The summed E-state index contributed by atoms with van der Waals surface area (Å²) in [4.78, 5) is 21.8. The standard InChI is InChI=1S/C11H22N2O4/c1-12-9(11(15)16)5-3-4-7-13-10(14)6-8-17-2/h9,12H,3-8H2,1-2H3,(H,13,14)(H,15,16)/t9-/m0/s1. The van der Waals surface area contributed by atoms with Crippen LogP contribution in [0, 0.1) is 0 Å². The van der Waals surface area contributed by atoms with E-state index in [1.807, 2.05) is 0 Å². The Kier molecular flexibility index (Phi) is 9.37. The number of hydrogen-bond donors (Lipinski definition) is 3. The number of unbranched alkanes of at least 4 members (excludes halogenated alkanes) is 1. The summed E-state index contributed by atoms with van der Waals surface area (Å²) < 4.78 is 4.78. The molecule has 0 aromatic heterocycles. The molecule has 0 aromatic carbocycles. The van der Waals surface area contributed by atoms with Crippen LogP contribution >= 0.6 is 0 Å². The maximum Gasteiger partial charge on any atom is 0.320 e. The summed E-state index contributed by atoms with van der Waals surface area (Å²) in [7, 11) is 3.18. The molecule has 1 amide bonds. The number of carbonyl (C=O) groups is 2. The number of rotatable bonds is 10. The molecule has 0 heterocycles. The summed E-state index contributed by atoms with van der Waals surface area (Å²) in [6, 6.07) is -0.501. The average molecular weight is 246 g/mol. The smallest absolute Gasteiger partial charge is 0.320 e. The molecule has 0 saturated heterocycles. The maximum atomic E-state index is 11.2. The summed E-state index contributed by atoms with van der Waals surface area (Å²) in [5.74, 6) is -0.869. The van der Waals surface area contributed by atoms with Crippen LogP contribution in [0.4, 0.5) is 0 Å². The van der Waals surface area contributed by atoms with Crippen molar-refractivity contribution in [3.63, 3.8) is 0 Å². The van der Waals surface area contributed by atoms with E-state index in [2.05, 4.69) is 10.6 Å². The fourth-order valence-corrected chi connectivity index (χ4v) is 1.38. The third-order valence-electron chi connectivity index (χ3n) is 2.42. The number of methoxy groups -OCH3 is 1. The third kappa shape index (κ3) is 8.65. The van der Waals surface area contributed by atoms with Gasteiger partial charge < -0.3 is 20.5 Å². The number of carbonyl (C=O) groups excluding carboxylic acids is 1. The van der Waals surface area contributed by atoms with E-state index in [1.54, 1.807) is 14.2 Å². The first-order chi connectivity index (χ1) is 8.11. The molecule has 6 heteroatoms. The molecule has 0 aromatic rings. The van der Waals surface area contributed by atoms with Crippen molar-refractivity contribution in [3.05, 3.63) is 0 Å². The minimum Gasteiger partial charge on any atom is -0.480 e. The number of likely N-dealkylation sites (N-methyl/N-ethyl adjacent to an activating group) is 1. The van der Waals surface area contributed by atoms with Gasteiger partial charge in [-0.05, 0) is 26.3 Å². The molecule has 1 atom stereocenters. The second kappa shape index (κ2) is 10.0. The van der Waals surface area contributed by atoms with Gasteiger partial charge in [-0.2, -0.15) is 0 Å². The van der Waals surface area contributed by atoms with Crippen LogP contribution in [-0.2, 0) is 14.3 Å². The van der Waals surface area contributed by atoms with E-state index in [9.17, 15) is 9.59 Å². The molecule has 17 heavy (non-hydrogen) atoms. The van der Waals surface area contributed by atoms with E-state index in [-0.39, 0.29) is 5.91 Å². The summed E-state index contributed by atoms with van der Waals surface area (Å²) in [6.07, 6.45) is 2.48. The van der Waals surface area contributed by atoms with Crippen molar-refractivity contribution in [2.45, 2.75) is 31.7 Å². The zero-order valence-corrected chi connectivity index (χ0v) is 10.5. The quantitative estimate of drug-likeness (QED) is 0.472. The number of aliphatic carboxylic acids is 1. The fraction of sp³-hybridized carbons (Fsp3) is 0.818. The monoisotopic (exact) mass is 246 g/mol. The highest BCUT2D eigenvalue weighted by molar-refractivity contribution is 5.75. The van der Waals surface area contributed by atoms with Gasteiger partial charge in [0.15, 0.2) is 0 Å². The van der Waals surface area contributed by atoms with Crippen molar-refractivity contribution in [1.29, 1.82) is 0 Å². The maximum absolute atomic E-state index is 11.2. The number of nitrogens with one attached hydrogen (secondary N) is 2. The van der Waals surface area contributed by atoms with Gasteiger partial charge >= 0.3 is 5.97 Å². The number of hydrogen-bond acceptors (Lipinski definition) is 4. The first-order valence-electron chi connectivity index (χ1n) is 5.77. The molecule has 0 aliphatic carbocycles. The van der Waals surface area contributed by atoms with Gasteiger partial charge in [-0.25, -0.2) is 0 Å². The molecule has 0 rings (SSSR count). The van der Waals surface area contributed by atoms with E-state index < -0.39 is 12.0 Å². The van der Waals surface area contributed by atoms with Gasteiger partial charge in [-0.15, -0.1) is 0 Å². The Hall–Kier alpha value is -1.14. The van der Waals surface area contributed by atoms with Crippen molar-refractivity contribution in [3.8, 4) is 0 Å². The molecule has 0 spiro atoms. The lowest BCUT2D eigenvalue weighted by molar-refractivity contribution is -0.139. The fourth-order valence-electron chi connectivity index (χ4n) is 1.38. The Morgan fingerprint density at radius 3 is 2.59 bits per heavy atom. The van der Waals surface area contributed by atoms with E-state index in [0.29, 0.717) is 26.0 Å². The zero-order valence-electron chi connectivity index (χ0n) is 10.5. The molecular weight excluding hydrogens is 224 g/mol. The van der Waals surface area contributed by atoms with E-state index in [0.717, 1.165) is 12.8 Å². The van der Waals surface area contributed by atoms with Crippen LogP contribution in [0.25, 0.3) is 0 Å². The first-order valence-corrected chi connectivity index (χ1v) is 5.77. The Balaban J connectivity index is 3.45. The average Bonchev–Trinajstić information content (AvgIpc) is 2.30. The molecule has 0 fully saturated rings. The topological polar surface area (TPSA) is 87.7 Å². The van der Waals surface area contributed by atoms with Gasteiger partial charge in [-0.1, -0.05) is 0 Å². The summed E-state index contributed by atoms with van der Waals surface area (Å²) in [5, 5.41) is 14.2. The predicted molar refractivity (Wildman–Crippen MR) is 63.8 cm³/mol. The molecule has 100 valence electrons. The van der Waals surface area contributed by atoms with E-state index in [1.165, 1.54) is 0 Å². The van der Waals surface area contributed by atoms with Crippen molar-refractivity contribution in [1.82, 2.24) is 10.6 Å². The molecule has 0 bridgehead atoms. The lowest BCUT2D eigenvalue weighted by Gasteiger charge is -2.10. The lowest BCUT2D eigenvalue weighted by Crippen LogP contribution is -2.34. The summed E-state index contributed by atoms with van der Waals surface area (Å²) in [6.45, 7) is 1.01. The van der Waals surface area contributed by atoms with Gasteiger partial charge in [0.05, 0.1) is 6.61 Å². The van der Waals surface area contributed by atoms with Gasteiger partial charge in [0.1, 0.15) is 6.04 Å². The van der Waals surface area contributed by atoms with Crippen LogP contribution in [0.2, 0.25) is 0 Å². The minimum atomic E-state index is -0.836. The Bertz CT molecular complexity index is 234. The van der Waals surface area contributed by atoms with E-state index >= 15 is 0 Å². The number of carboxylic acids is 1. The highest BCUT2D eigenvalue weighted by atomic mass is 16.5. The van der Waals surface area contributed by atoms with Gasteiger partial charge in [0.2, 0.25) is 5.91 Å². The molecular formula is C11H22N2O4. The first kappa shape index (κ1) is 15.9. The molecule has 0 saturated carbocycles. The van der Waals surface area contributed by atoms with Crippen molar-refractivity contribution >= 4 is 11.9 Å². The largest absolute Gasteiger partial charge is 0.480 e. The van der Waals surface area contributed by atoms with Crippen LogP contribution in [-0.4, -0.2) is 50.3 Å². The van der Waals surface area contributed by atoms with Crippen LogP contribution in [0.5, 0.6) is 0 Å². The highest BCUT2D eigenvalue weighted by Crippen LogP contribution is 2.00. The highest BCUT2D eigenvalue weighted by Gasteiger charge is 2.13. The summed E-state index contributed by atoms with van der Waals surface area (Å²) in [5.41, 5.74) is 0. The normalized spacial score (nSPS) is 12.1. The molecule has 0 unspecified atom stereocenters. The van der Waals surface area contributed by atoms with Crippen LogP contribution < -0.4 is 10.6 Å². The van der Waals surface area contributed by atoms with Gasteiger partial charge in [-0.3, -0.25) is 9.59 Å². The van der Waals surface area contributed by atoms with Gasteiger partial charge in [0.25, 0.3) is 0 Å². The zero-order chi connectivity index (χ0) is 13.1. The second-order valence-corrected chi connectivity index (χ2v) is 3.77. The molecule has 3 N–H and O–H groups in total. The third-order valence-corrected chi connectivity index (χ3v) is 2.42. The molecule has 0 aliphatic heterocycles. The Labute approximate surface area is 102 Å². The van der Waals surface area contributed by atoms with Crippen molar-refractivity contribution in [2.75, 3.05) is 27.3 Å². The number of amides is 1. The SMILES string of the molecule is CN[C@@H](CCCCNC(=O)CCOC)C(=O)O. The number of carboxylic acid groups (broad SMARTS) is 1. The van der Waals surface area contributed by atoms with Crippen LogP contribution in [0.1, 0.15) is 25.7 Å². The summed E-state index contributed by atoms with van der Waals surface area (Å²) >= 11 is 0. The predicted octanol–water partition coefficient (Wildman–Crippen LogP) is -0.0180. The minimum absolute atomic E-state index is 0.0322. The van der Waals surface area contributed by atoms with Crippen molar-refractivity contribution in [2.24, 2.45) is 0 Å². The molecule has 0 radical (unpaired) electrons. The molecule has 0 aliphatic rings. The second-order valence-electron chi connectivity index (χ2n) is 3.77. The Morgan fingerprint density at radius 2 is 2.06 bits per heavy atom. The van der Waals surface area contributed by atoms with Crippen LogP contribution in [0.15, 0.2) is 0 Å². The lowest BCUT2D eigenvalue weighted by atomic mass is 10.1. The van der Waals surface area contributed by atoms with Gasteiger partial charge in [0, 0.05) is 20.1 Å². The number of ether oxygens (including phenoxy) is 1. The van der Waals surface area contributed by atoms with Crippen LogP contribution in [0.3, 0.4) is 0 Å². The van der Waals surface area contributed by atoms with E-state index in [4.69, 9.17) is 9.84 Å². The molecule has 6 nitrogen and oxygen atoms in total.